The summed E-state index contributed by atoms with van der Waals surface area (Å²) < 4.78 is 4.92. The van der Waals surface area contributed by atoms with E-state index in [1.54, 1.807) is 13.8 Å². The summed E-state index contributed by atoms with van der Waals surface area (Å²) in [5, 5.41) is 0.716. The van der Waals surface area contributed by atoms with Gasteiger partial charge in [-0.1, -0.05) is 23.2 Å². The van der Waals surface area contributed by atoms with Crippen LogP contribution in [0.3, 0.4) is 0 Å². The molecule has 0 bridgehead atoms. The molecule has 7 heteroatoms. The van der Waals surface area contributed by atoms with Gasteiger partial charge >= 0.3 is 5.97 Å². The maximum Gasteiger partial charge on any atom is 0.358 e. The Morgan fingerprint density at radius 3 is 2.58 bits per heavy atom. The average Bonchev–Trinajstić information content (AvgIpc) is 2.71. The number of rotatable bonds is 3. The van der Waals surface area contributed by atoms with E-state index in [1.165, 1.54) is 12.4 Å². The van der Waals surface area contributed by atoms with Gasteiger partial charge in [-0.2, -0.15) is 0 Å². The Hall–Kier alpha value is -1.59. The summed E-state index contributed by atoms with van der Waals surface area (Å²) in [5.74, 6) is -0.0678. The van der Waals surface area contributed by atoms with Crippen LogP contribution in [-0.4, -0.2) is 27.5 Å². The summed E-state index contributed by atoms with van der Waals surface area (Å²) >= 11 is 12.1. The van der Waals surface area contributed by atoms with Crippen LogP contribution in [0.2, 0.25) is 10.0 Å². The third-order valence-corrected chi connectivity index (χ3v) is 3.02. The molecule has 2 aromatic rings. The molecule has 1 N–H and O–H groups in total. The molecule has 0 atom stereocenters. The van der Waals surface area contributed by atoms with Gasteiger partial charge in [0.25, 0.3) is 0 Å². The SMILES string of the molecule is CCOC(=O)c1nc(-c2c(Cl)cncc2Cl)[nH]c1C. The van der Waals surface area contributed by atoms with Crippen molar-refractivity contribution < 1.29 is 9.53 Å². The molecule has 2 heterocycles. The third kappa shape index (κ3) is 2.72. The highest BCUT2D eigenvalue weighted by Crippen LogP contribution is 2.32. The normalized spacial score (nSPS) is 10.5. The first-order chi connectivity index (χ1) is 9.04. The fourth-order valence-electron chi connectivity index (χ4n) is 1.61. The van der Waals surface area contributed by atoms with E-state index >= 15 is 0 Å². The number of hydrogen-bond donors (Lipinski definition) is 1. The predicted molar refractivity (Wildman–Crippen MR) is 72.5 cm³/mol. The summed E-state index contributed by atoms with van der Waals surface area (Å²) in [5.41, 5.74) is 1.33. The van der Waals surface area contributed by atoms with Gasteiger partial charge in [0.1, 0.15) is 5.82 Å². The third-order valence-electron chi connectivity index (χ3n) is 2.44. The number of nitrogens with one attached hydrogen (secondary N) is 1. The topological polar surface area (TPSA) is 67.9 Å². The van der Waals surface area contributed by atoms with E-state index in [0.717, 1.165) is 0 Å². The molecular formula is C12H11Cl2N3O2. The summed E-state index contributed by atoms with van der Waals surface area (Å²) in [6.45, 7) is 3.75. The standard InChI is InChI=1S/C12H11Cl2N3O2/c1-3-19-12(18)10-6(2)16-11(17-10)9-7(13)4-15-5-8(9)14/h4-5H,3H2,1-2H3,(H,16,17). The molecule has 0 unspecified atom stereocenters. The minimum absolute atomic E-state index is 0.223. The van der Waals surface area contributed by atoms with Gasteiger partial charge in [0.2, 0.25) is 0 Å². The lowest BCUT2D eigenvalue weighted by atomic mass is 10.2. The largest absolute Gasteiger partial charge is 0.461 e. The molecule has 0 aliphatic heterocycles. The van der Waals surface area contributed by atoms with Crippen LogP contribution < -0.4 is 0 Å². The van der Waals surface area contributed by atoms with Crippen LogP contribution in [0.4, 0.5) is 0 Å². The molecule has 5 nitrogen and oxygen atoms in total. The van der Waals surface area contributed by atoms with Crippen molar-refractivity contribution >= 4 is 29.2 Å². The van der Waals surface area contributed by atoms with Crippen LogP contribution in [-0.2, 0) is 4.74 Å². The summed E-state index contributed by atoms with van der Waals surface area (Å²) in [6, 6.07) is 0. The highest BCUT2D eigenvalue weighted by molar-refractivity contribution is 6.38. The maximum atomic E-state index is 11.7. The lowest BCUT2D eigenvalue weighted by molar-refractivity contribution is 0.0519. The van der Waals surface area contributed by atoms with Crippen LogP contribution in [0.1, 0.15) is 23.1 Å². The molecule has 0 radical (unpaired) electrons. The van der Waals surface area contributed by atoms with Crippen molar-refractivity contribution in [2.45, 2.75) is 13.8 Å². The molecule has 0 amide bonds. The summed E-state index contributed by atoms with van der Waals surface area (Å²) in [7, 11) is 0. The first-order valence-electron chi connectivity index (χ1n) is 5.57. The number of imidazole rings is 1. The summed E-state index contributed by atoms with van der Waals surface area (Å²) in [4.78, 5) is 22.7. The molecule has 0 spiro atoms. The van der Waals surface area contributed by atoms with Crippen LogP contribution in [0.25, 0.3) is 11.4 Å². The van der Waals surface area contributed by atoms with Crippen molar-refractivity contribution in [3.63, 3.8) is 0 Å². The van der Waals surface area contributed by atoms with E-state index in [0.29, 0.717) is 27.1 Å². The minimum Gasteiger partial charge on any atom is -0.461 e. The van der Waals surface area contributed by atoms with Gasteiger partial charge in [-0.3, -0.25) is 4.98 Å². The monoisotopic (exact) mass is 299 g/mol. The number of aromatic nitrogens is 3. The summed E-state index contributed by atoms with van der Waals surface area (Å²) in [6.07, 6.45) is 2.93. The molecule has 0 aliphatic carbocycles. The molecule has 0 aromatic carbocycles. The maximum absolute atomic E-state index is 11.7. The Labute approximate surface area is 119 Å². The Morgan fingerprint density at radius 2 is 2.00 bits per heavy atom. The number of nitrogens with zero attached hydrogens (tertiary/aromatic N) is 2. The van der Waals surface area contributed by atoms with E-state index in [1.807, 2.05) is 0 Å². The average molecular weight is 300 g/mol. The van der Waals surface area contributed by atoms with E-state index < -0.39 is 5.97 Å². The van der Waals surface area contributed by atoms with Gasteiger partial charge in [-0.15, -0.1) is 0 Å². The zero-order valence-electron chi connectivity index (χ0n) is 10.3. The number of aryl methyl sites for hydroxylation is 1. The minimum atomic E-state index is -0.483. The van der Waals surface area contributed by atoms with Crippen molar-refractivity contribution in [2.24, 2.45) is 0 Å². The predicted octanol–water partition coefficient (Wildman–Crippen LogP) is 3.26. The van der Waals surface area contributed by atoms with Crippen LogP contribution >= 0.6 is 23.2 Å². The number of carbonyl (C=O) groups excluding carboxylic acids is 1. The lowest BCUT2D eigenvalue weighted by Crippen LogP contribution is -2.06. The first-order valence-corrected chi connectivity index (χ1v) is 6.33. The second-order valence-corrected chi connectivity index (χ2v) is 4.57. The van der Waals surface area contributed by atoms with E-state index in [2.05, 4.69) is 15.0 Å². The van der Waals surface area contributed by atoms with Gasteiger partial charge in [0.05, 0.1) is 22.2 Å². The molecule has 2 rings (SSSR count). The molecule has 19 heavy (non-hydrogen) atoms. The van der Waals surface area contributed by atoms with Crippen molar-refractivity contribution in [2.75, 3.05) is 6.61 Å². The number of ether oxygens (including phenoxy) is 1. The molecule has 100 valence electrons. The van der Waals surface area contributed by atoms with Gasteiger partial charge in [-0.25, -0.2) is 9.78 Å². The Morgan fingerprint density at radius 1 is 1.37 bits per heavy atom. The molecule has 0 aliphatic rings. The zero-order chi connectivity index (χ0) is 14.0. The highest BCUT2D eigenvalue weighted by atomic mass is 35.5. The van der Waals surface area contributed by atoms with Gasteiger partial charge in [0, 0.05) is 18.1 Å². The smallest absolute Gasteiger partial charge is 0.358 e. The Kier molecular flexibility index (Phi) is 4.07. The fraction of sp³-hybridized carbons (Fsp3) is 0.250. The Balaban J connectivity index is 2.48. The van der Waals surface area contributed by atoms with E-state index in [-0.39, 0.29) is 12.3 Å². The quantitative estimate of drug-likeness (QED) is 0.883. The van der Waals surface area contributed by atoms with Gasteiger partial charge in [0.15, 0.2) is 5.69 Å². The first kappa shape index (κ1) is 13.8. The molecule has 0 saturated carbocycles. The number of carbonyl (C=O) groups is 1. The van der Waals surface area contributed by atoms with Gasteiger partial charge in [-0.05, 0) is 13.8 Å². The lowest BCUT2D eigenvalue weighted by Gasteiger charge is -2.02. The molecule has 0 saturated heterocycles. The zero-order valence-corrected chi connectivity index (χ0v) is 11.8. The van der Waals surface area contributed by atoms with Crippen LogP contribution in [0, 0.1) is 6.92 Å². The van der Waals surface area contributed by atoms with Crippen molar-refractivity contribution in [1.82, 2.24) is 15.0 Å². The number of halogens is 2. The van der Waals surface area contributed by atoms with Crippen LogP contribution in [0.15, 0.2) is 12.4 Å². The van der Waals surface area contributed by atoms with Gasteiger partial charge < -0.3 is 9.72 Å². The number of esters is 1. The Bertz CT molecular complexity index is 605. The van der Waals surface area contributed by atoms with Crippen molar-refractivity contribution in [3.05, 3.63) is 33.8 Å². The molecule has 0 fully saturated rings. The highest BCUT2D eigenvalue weighted by Gasteiger charge is 2.19. The van der Waals surface area contributed by atoms with E-state index in [9.17, 15) is 4.79 Å². The molecule has 2 aromatic heterocycles. The van der Waals surface area contributed by atoms with Crippen molar-refractivity contribution in [1.29, 1.82) is 0 Å². The van der Waals surface area contributed by atoms with E-state index in [4.69, 9.17) is 27.9 Å². The number of pyridine rings is 1. The number of aromatic amines is 1. The number of H-pyrrole nitrogens is 1. The second-order valence-electron chi connectivity index (χ2n) is 3.76. The van der Waals surface area contributed by atoms with Crippen molar-refractivity contribution in [3.8, 4) is 11.4 Å². The fourth-order valence-corrected chi connectivity index (χ4v) is 2.16. The second kappa shape index (κ2) is 5.59. The van der Waals surface area contributed by atoms with Crippen LogP contribution in [0.5, 0.6) is 0 Å². The number of hydrogen-bond acceptors (Lipinski definition) is 4. The molecular weight excluding hydrogens is 289 g/mol.